The third-order valence-corrected chi connectivity index (χ3v) is 9.88. The first-order chi connectivity index (χ1) is 30.3. The molecule has 0 spiro atoms. The van der Waals surface area contributed by atoms with Gasteiger partial charge in [0.25, 0.3) is 11.8 Å². The van der Waals surface area contributed by atoms with Crippen LogP contribution in [0.5, 0.6) is 0 Å². The fourth-order valence-electron chi connectivity index (χ4n) is 6.67. The lowest BCUT2D eigenvalue weighted by atomic mass is 10.1. The smallest absolute Gasteiger partial charge is 0.410 e. The largest absolute Gasteiger partial charge is 0.454 e. The van der Waals surface area contributed by atoms with Crippen LogP contribution in [0.15, 0.2) is 85.5 Å². The van der Waals surface area contributed by atoms with E-state index in [4.69, 9.17) is 16.3 Å². The highest BCUT2D eigenvalue weighted by atomic mass is 35.5. The summed E-state index contributed by atoms with van der Waals surface area (Å²) >= 11 is 4.72. The molecule has 0 radical (unpaired) electrons. The number of nitrogens with one attached hydrogen (secondary N) is 3. The van der Waals surface area contributed by atoms with Gasteiger partial charge >= 0.3 is 11.5 Å². The number of fused-ring (bicyclic) bond motifs is 2. The van der Waals surface area contributed by atoms with Crippen LogP contribution < -0.4 is 16.0 Å². The summed E-state index contributed by atoms with van der Waals surface area (Å²) < 4.78 is 13.1. The van der Waals surface area contributed by atoms with Crippen molar-refractivity contribution in [3.05, 3.63) is 119 Å². The molecule has 4 aromatic heterocycles. The molecule has 2 aliphatic rings. The number of rotatable bonds is 10. The summed E-state index contributed by atoms with van der Waals surface area (Å²) in [5.74, 6) is 1.79. The molecule has 0 atom stereocenters. The van der Waals surface area contributed by atoms with Crippen LogP contribution in [0.2, 0.25) is 0 Å². The third kappa shape index (κ3) is 11.7. The van der Waals surface area contributed by atoms with E-state index >= 15 is 0 Å². The van der Waals surface area contributed by atoms with Crippen molar-refractivity contribution in [3.8, 4) is 23.0 Å². The molecule has 63 heavy (non-hydrogen) atoms. The van der Waals surface area contributed by atoms with E-state index in [0.717, 1.165) is 24.2 Å². The van der Waals surface area contributed by atoms with E-state index in [9.17, 15) is 19.2 Å². The topological polar surface area (TPSA) is 213 Å². The van der Waals surface area contributed by atoms with E-state index in [1.165, 1.54) is 11.1 Å². The van der Waals surface area contributed by atoms with Crippen molar-refractivity contribution in [2.24, 2.45) is 0 Å². The average molecular weight is 877 g/mol. The zero-order valence-corrected chi connectivity index (χ0v) is 36.6. The number of carbonyl (C=O) groups excluding carboxylic acids is 4. The van der Waals surface area contributed by atoms with Crippen molar-refractivity contribution in [1.82, 2.24) is 49.7 Å². The summed E-state index contributed by atoms with van der Waals surface area (Å²) in [6.45, 7) is 14.9. The summed E-state index contributed by atoms with van der Waals surface area (Å²) in [5.41, 5.74) is 6.06. The van der Waals surface area contributed by atoms with Gasteiger partial charge in [-0.25, -0.2) is 19.6 Å². The molecule has 328 valence electrons. The fourth-order valence-corrected chi connectivity index (χ4v) is 6.78. The predicted octanol–water partition coefficient (Wildman–Crippen LogP) is 7.80. The number of amides is 3. The third-order valence-electron chi connectivity index (χ3n) is 9.77. The molecule has 6 aromatic rings. The number of hydrogen-bond donors (Lipinski definition) is 3. The van der Waals surface area contributed by atoms with Gasteiger partial charge in [-0.05, 0) is 112 Å². The average Bonchev–Trinajstić information content (AvgIpc) is 4.11. The Labute approximate surface area is 369 Å². The van der Waals surface area contributed by atoms with Crippen LogP contribution in [0, 0.1) is 0 Å². The fraction of sp³-hybridized carbons (Fsp3) is 0.318. The Morgan fingerprint density at radius 3 is 1.65 bits per heavy atom. The Hall–Kier alpha value is -7.05. The molecule has 2 aromatic carbocycles. The summed E-state index contributed by atoms with van der Waals surface area (Å²) in [4.78, 5) is 57.6. The number of pyridine rings is 2. The van der Waals surface area contributed by atoms with E-state index in [0.29, 0.717) is 72.1 Å². The number of halogens is 1. The van der Waals surface area contributed by atoms with Gasteiger partial charge in [0.05, 0.1) is 13.2 Å². The van der Waals surface area contributed by atoms with Crippen molar-refractivity contribution in [3.63, 3.8) is 0 Å². The number of nitrogens with zero attached hydrogens (tertiary/aromatic N) is 9. The Morgan fingerprint density at radius 1 is 0.667 bits per heavy atom. The SMILES string of the molecule is CC(C)n1cnnc1-c1cccc(NC(=O)c2ccc3c(c2)CNC3)n1.CCOC(=O)Cl.CCOC(=O)N1Cc2ccc(C(=O)Nc3cccc(-c4nncn4C(C)C)n3)cc2C1. The van der Waals surface area contributed by atoms with E-state index in [1.54, 1.807) is 49.6 Å². The predicted molar refractivity (Wildman–Crippen MR) is 236 cm³/mol. The normalized spacial score (nSPS) is 12.4. The number of carbonyl (C=O) groups is 4. The molecular formula is C44H49ClN12O6. The van der Waals surface area contributed by atoms with Crippen molar-refractivity contribution in [2.45, 2.75) is 79.8 Å². The maximum Gasteiger partial charge on any atom is 0.410 e. The van der Waals surface area contributed by atoms with Crippen molar-refractivity contribution >= 4 is 46.6 Å². The van der Waals surface area contributed by atoms with Gasteiger partial charge in [0.15, 0.2) is 11.6 Å². The summed E-state index contributed by atoms with van der Waals surface area (Å²) in [5, 5.41) is 25.2. The molecule has 18 nitrogen and oxygen atoms in total. The van der Waals surface area contributed by atoms with E-state index in [2.05, 4.69) is 64.9 Å². The molecule has 19 heteroatoms. The first-order valence-electron chi connectivity index (χ1n) is 20.4. The van der Waals surface area contributed by atoms with Crippen LogP contribution in [-0.2, 0) is 35.7 Å². The van der Waals surface area contributed by atoms with Gasteiger partial charge in [-0.1, -0.05) is 24.3 Å². The summed E-state index contributed by atoms with van der Waals surface area (Å²) in [6.07, 6.45) is 3.00. The van der Waals surface area contributed by atoms with Crippen LogP contribution in [0.1, 0.15) is 96.6 Å². The zero-order valence-electron chi connectivity index (χ0n) is 35.8. The first kappa shape index (κ1) is 45.5. The lowest BCUT2D eigenvalue weighted by molar-refractivity contribution is 0.101. The van der Waals surface area contributed by atoms with Crippen molar-refractivity contribution < 1.29 is 28.7 Å². The van der Waals surface area contributed by atoms with E-state index in [-0.39, 0.29) is 30.0 Å². The Bertz CT molecular complexity index is 2570. The standard InChI is InChI=1S/C22H24N6O3.C19H20N6O.C3H5ClO2/c1-4-31-22(30)27-11-16-9-8-15(10-17(16)12-27)21(29)25-19-7-5-6-18(24-19)20-26-23-13-28(20)14(2)3;1-12(2)25-11-21-24-18(25)16-4-3-5-17(22-16)23-19(26)13-6-7-14-9-20-10-15(14)8-13;1-2-6-3(4)5/h5-10,13-14H,4,11-12H2,1-3H3,(H,24,25,29);3-8,11-12,20H,9-10H2,1-2H3,(H,22,23,26);2H2,1H3. The van der Waals surface area contributed by atoms with Gasteiger partial charge in [0.1, 0.15) is 35.7 Å². The maximum absolute atomic E-state index is 12.8. The van der Waals surface area contributed by atoms with Gasteiger partial charge < -0.3 is 34.6 Å². The van der Waals surface area contributed by atoms with Crippen LogP contribution in [0.4, 0.5) is 21.2 Å². The minimum Gasteiger partial charge on any atom is -0.454 e. The molecule has 0 saturated heterocycles. The van der Waals surface area contributed by atoms with Crippen LogP contribution in [0.3, 0.4) is 0 Å². The Kier molecular flexibility index (Phi) is 15.3. The number of anilines is 2. The van der Waals surface area contributed by atoms with Gasteiger partial charge in [0.2, 0.25) is 0 Å². The number of hydrogen-bond acceptors (Lipinski definition) is 13. The molecule has 3 N–H and O–H groups in total. The monoisotopic (exact) mass is 876 g/mol. The zero-order chi connectivity index (χ0) is 45.0. The minimum absolute atomic E-state index is 0.172. The highest BCUT2D eigenvalue weighted by molar-refractivity contribution is 6.61. The van der Waals surface area contributed by atoms with Crippen LogP contribution >= 0.6 is 11.6 Å². The second kappa shape index (κ2) is 21.2. The van der Waals surface area contributed by atoms with Gasteiger partial charge in [-0.2, -0.15) is 0 Å². The molecule has 0 saturated carbocycles. The van der Waals surface area contributed by atoms with Gasteiger partial charge in [0, 0.05) is 61.0 Å². The first-order valence-corrected chi connectivity index (χ1v) is 20.8. The number of aromatic nitrogens is 8. The lowest BCUT2D eigenvalue weighted by Gasteiger charge is -2.13. The van der Waals surface area contributed by atoms with Crippen LogP contribution in [0.25, 0.3) is 23.0 Å². The quantitative estimate of drug-likeness (QED) is 0.112. The number of benzene rings is 2. The molecule has 0 bridgehead atoms. The molecule has 2 aliphatic heterocycles. The lowest BCUT2D eigenvalue weighted by Crippen LogP contribution is -2.25. The Morgan fingerprint density at radius 2 is 1.16 bits per heavy atom. The number of ether oxygens (including phenoxy) is 2. The molecule has 0 aliphatic carbocycles. The highest BCUT2D eigenvalue weighted by Crippen LogP contribution is 2.26. The molecule has 8 rings (SSSR count). The second-order valence-corrected chi connectivity index (χ2v) is 15.1. The molecular weight excluding hydrogens is 828 g/mol. The summed E-state index contributed by atoms with van der Waals surface area (Å²) in [6, 6.07) is 22.5. The maximum atomic E-state index is 12.8. The van der Waals surface area contributed by atoms with Crippen LogP contribution in [-0.4, -0.2) is 80.9 Å². The van der Waals surface area contributed by atoms with Crippen molar-refractivity contribution in [2.75, 3.05) is 23.8 Å². The molecule has 0 unspecified atom stereocenters. The van der Waals surface area contributed by atoms with E-state index < -0.39 is 5.43 Å². The molecule has 3 amide bonds. The van der Waals surface area contributed by atoms with E-state index in [1.807, 2.05) is 77.6 Å². The second-order valence-electron chi connectivity index (χ2n) is 14.8. The van der Waals surface area contributed by atoms with Crippen molar-refractivity contribution in [1.29, 1.82) is 0 Å². The molecule has 6 heterocycles. The summed E-state index contributed by atoms with van der Waals surface area (Å²) in [7, 11) is 0. The molecule has 0 fully saturated rings. The highest BCUT2D eigenvalue weighted by Gasteiger charge is 2.25. The minimum atomic E-state index is -0.738. The van der Waals surface area contributed by atoms with Gasteiger partial charge in [-0.3, -0.25) is 14.5 Å². The van der Waals surface area contributed by atoms with Gasteiger partial charge in [-0.15, -0.1) is 20.4 Å². The Balaban J connectivity index is 0.000000188.